The van der Waals surface area contributed by atoms with Crippen LogP contribution in [0.15, 0.2) is 60.7 Å². The Morgan fingerprint density at radius 3 is 2.57 bits per heavy atom. The second-order valence-electron chi connectivity index (χ2n) is 7.62. The van der Waals surface area contributed by atoms with Crippen molar-refractivity contribution in [2.24, 2.45) is 0 Å². The molecule has 0 radical (unpaired) electrons. The molecule has 1 fully saturated rings. The van der Waals surface area contributed by atoms with Crippen LogP contribution in [-0.4, -0.2) is 29.6 Å². The second kappa shape index (κ2) is 6.80. The highest BCUT2D eigenvalue weighted by Crippen LogP contribution is 2.39. The number of carbonyl (C=O) groups is 1. The van der Waals surface area contributed by atoms with E-state index in [2.05, 4.69) is 34.5 Å². The molecule has 2 aliphatic rings. The Hall–Kier alpha value is -2.56. The molecule has 4 nitrogen and oxygen atoms in total. The van der Waals surface area contributed by atoms with Crippen molar-refractivity contribution in [2.45, 2.75) is 25.1 Å². The minimum atomic E-state index is -0.645. The fourth-order valence-electron chi connectivity index (χ4n) is 4.19. The normalized spacial score (nSPS) is 18.5. The number of nitrogens with one attached hydrogen (secondary N) is 1. The van der Waals surface area contributed by atoms with Crippen LogP contribution in [0.4, 0.5) is 0 Å². The van der Waals surface area contributed by atoms with E-state index < -0.39 is 5.72 Å². The first-order valence-corrected chi connectivity index (χ1v) is 10.00. The third-order valence-corrected chi connectivity index (χ3v) is 5.97. The summed E-state index contributed by atoms with van der Waals surface area (Å²) >= 11 is 6.21. The van der Waals surface area contributed by atoms with Gasteiger partial charge >= 0.3 is 0 Å². The van der Waals surface area contributed by atoms with Crippen molar-refractivity contribution in [3.63, 3.8) is 0 Å². The van der Waals surface area contributed by atoms with Crippen LogP contribution in [0.3, 0.4) is 0 Å². The van der Waals surface area contributed by atoms with Crippen LogP contribution in [0.5, 0.6) is 5.75 Å². The van der Waals surface area contributed by atoms with E-state index in [-0.39, 0.29) is 5.91 Å². The average molecular weight is 393 g/mol. The van der Waals surface area contributed by atoms with E-state index >= 15 is 0 Å². The minimum absolute atomic E-state index is 0.0698. The van der Waals surface area contributed by atoms with Crippen LogP contribution >= 0.6 is 11.6 Å². The van der Waals surface area contributed by atoms with E-state index in [4.69, 9.17) is 16.3 Å². The SMILES string of the molecule is O=C1NC2(CCN(Cc3ccccc3)CC2)Oc2c1ccc1ccc(Cl)cc21. The van der Waals surface area contributed by atoms with Crippen LogP contribution in [0.2, 0.25) is 5.02 Å². The molecule has 2 aliphatic heterocycles. The number of carbonyl (C=O) groups excluding carboxylic acids is 1. The summed E-state index contributed by atoms with van der Waals surface area (Å²) in [7, 11) is 0. The number of halogens is 1. The predicted molar refractivity (Wildman–Crippen MR) is 111 cm³/mol. The molecule has 0 unspecified atom stereocenters. The third kappa shape index (κ3) is 3.13. The number of nitrogens with zero attached hydrogens (tertiary/aromatic N) is 1. The number of hydrogen-bond donors (Lipinski definition) is 1. The molecule has 0 atom stereocenters. The third-order valence-electron chi connectivity index (χ3n) is 5.73. The molecule has 1 amide bonds. The first kappa shape index (κ1) is 17.5. The molecule has 3 aromatic carbocycles. The van der Waals surface area contributed by atoms with E-state index in [1.54, 1.807) is 0 Å². The molecule has 5 rings (SSSR count). The van der Waals surface area contributed by atoms with Crippen LogP contribution in [0.25, 0.3) is 10.8 Å². The highest BCUT2D eigenvalue weighted by Gasteiger charge is 2.42. The standard InChI is InChI=1S/C23H21ClN2O2/c24-18-8-6-17-7-9-19-21(20(17)14-18)28-23(25-22(19)27)10-12-26(13-11-23)15-16-4-2-1-3-5-16/h1-9,14H,10-13,15H2,(H,25,27). The van der Waals surface area contributed by atoms with E-state index in [1.807, 2.05) is 36.4 Å². The van der Waals surface area contributed by atoms with Crippen LogP contribution in [0, 0.1) is 0 Å². The van der Waals surface area contributed by atoms with Crippen molar-refractivity contribution in [3.05, 3.63) is 76.8 Å². The van der Waals surface area contributed by atoms with Crippen LogP contribution < -0.4 is 10.1 Å². The maximum absolute atomic E-state index is 12.8. The molecular weight excluding hydrogens is 372 g/mol. The largest absolute Gasteiger partial charge is 0.467 e. The lowest BCUT2D eigenvalue weighted by Crippen LogP contribution is -2.60. The topological polar surface area (TPSA) is 41.6 Å². The molecule has 1 N–H and O–H groups in total. The number of fused-ring (bicyclic) bond motifs is 3. The smallest absolute Gasteiger partial charge is 0.258 e. The van der Waals surface area contributed by atoms with Gasteiger partial charge in [-0.1, -0.05) is 54.1 Å². The van der Waals surface area contributed by atoms with Gasteiger partial charge in [0.15, 0.2) is 5.72 Å². The molecule has 0 bridgehead atoms. The Labute approximate surface area is 169 Å². The van der Waals surface area contributed by atoms with Crippen molar-refractivity contribution in [1.29, 1.82) is 0 Å². The summed E-state index contributed by atoms with van der Waals surface area (Å²) in [4.78, 5) is 15.2. The zero-order valence-corrected chi connectivity index (χ0v) is 16.2. The number of piperidine rings is 1. The van der Waals surface area contributed by atoms with Gasteiger partial charge in [0.2, 0.25) is 0 Å². The monoisotopic (exact) mass is 392 g/mol. The molecule has 5 heteroatoms. The number of amides is 1. The molecule has 1 saturated heterocycles. The van der Waals surface area contributed by atoms with Crippen molar-refractivity contribution in [3.8, 4) is 5.75 Å². The highest BCUT2D eigenvalue weighted by atomic mass is 35.5. The zero-order chi connectivity index (χ0) is 19.1. The summed E-state index contributed by atoms with van der Waals surface area (Å²) in [5, 5.41) is 5.69. The Morgan fingerprint density at radius 2 is 1.79 bits per heavy atom. The van der Waals surface area contributed by atoms with E-state index in [0.29, 0.717) is 16.3 Å². The Morgan fingerprint density at radius 1 is 1.04 bits per heavy atom. The van der Waals surface area contributed by atoms with Gasteiger partial charge in [-0.2, -0.15) is 0 Å². The molecule has 0 aromatic heterocycles. The lowest BCUT2D eigenvalue weighted by Gasteiger charge is -2.44. The van der Waals surface area contributed by atoms with Gasteiger partial charge in [-0.15, -0.1) is 0 Å². The molecule has 142 valence electrons. The second-order valence-corrected chi connectivity index (χ2v) is 8.06. The highest BCUT2D eigenvalue weighted by molar-refractivity contribution is 6.31. The molecule has 28 heavy (non-hydrogen) atoms. The fourth-order valence-corrected chi connectivity index (χ4v) is 4.36. The summed E-state index contributed by atoms with van der Waals surface area (Å²) < 4.78 is 6.48. The maximum atomic E-state index is 12.8. The van der Waals surface area contributed by atoms with Gasteiger partial charge in [-0.05, 0) is 29.1 Å². The lowest BCUT2D eigenvalue weighted by molar-refractivity contribution is -0.0293. The molecule has 0 aliphatic carbocycles. The number of hydrogen-bond acceptors (Lipinski definition) is 3. The number of rotatable bonds is 2. The summed E-state index contributed by atoms with van der Waals surface area (Å²) in [6.45, 7) is 2.66. The molecule has 1 spiro atoms. The van der Waals surface area contributed by atoms with Gasteiger partial charge < -0.3 is 10.1 Å². The Kier molecular flexibility index (Phi) is 4.26. The Bertz CT molecular complexity index is 1040. The van der Waals surface area contributed by atoms with E-state index in [1.165, 1.54) is 5.56 Å². The van der Waals surface area contributed by atoms with Crippen LogP contribution in [-0.2, 0) is 6.54 Å². The van der Waals surface area contributed by atoms with Gasteiger partial charge in [0.05, 0.1) is 5.56 Å². The Balaban J connectivity index is 1.40. The maximum Gasteiger partial charge on any atom is 0.258 e. The first-order chi connectivity index (χ1) is 13.6. The number of benzene rings is 3. The average Bonchev–Trinajstić information content (AvgIpc) is 2.71. The number of ether oxygens (including phenoxy) is 1. The summed E-state index contributed by atoms with van der Waals surface area (Å²) in [5.74, 6) is 0.583. The summed E-state index contributed by atoms with van der Waals surface area (Å²) in [6.07, 6.45) is 1.50. The van der Waals surface area contributed by atoms with E-state index in [9.17, 15) is 4.79 Å². The quantitative estimate of drug-likeness (QED) is 0.692. The molecule has 0 saturated carbocycles. The first-order valence-electron chi connectivity index (χ1n) is 9.62. The van der Waals surface area contributed by atoms with E-state index in [0.717, 1.165) is 43.2 Å². The molecular formula is C23H21ClN2O2. The minimum Gasteiger partial charge on any atom is -0.467 e. The van der Waals surface area contributed by atoms with Crippen molar-refractivity contribution in [1.82, 2.24) is 10.2 Å². The zero-order valence-electron chi connectivity index (χ0n) is 15.5. The van der Waals surface area contributed by atoms with Gasteiger partial charge in [0, 0.05) is 42.9 Å². The lowest BCUT2D eigenvalue weighted by atomic mass is 9.95. The van der Waals surface area contributed by atoms with Crippen molar-refractivity contribution >= 4 is 28.3 Å². The van der Waals surface area contributed by atoms with Gasteiger partial charge in [-0.25, -0.2) is 0 Å². The summed E-state index contributed by atoms with van der Waals surface area (Å²) in [5.41, 5.74) is 1.23. The fraction of sp³-hybridized carbons (Fsp3) is 0.261. The van der Waals surface area contributed by atoms with Gasteiger partial charge in [0.25, 0.3) is 5.91 Å². The van der Waals surface area contributed by atoms with Crippen molar-refractivity contribution in [2.75, 3.05) is 13.1 Å². The summed E-state index contributed by atoms with van der Waals surface area (Å²) in [6, 6.07) is 19.9. The molecule has 2 heterocycles. The number of likely N-dealkylation sites (tertiary alicyclic amines) is 1. The van der Waals surface area contributed by atoms with Crippen LogP contribution in [0.1, 0.15) is 28.8 Å². The predicted octanol–water partition coefficient (Wildman–Crippen LogP) is 4.61. The van der Waals surface area contributed by atoms with Gasteiger partial charge in [0.1, 0.15) is 5.75 Å². The van der Waals surface area contributed by atoms with Gasteiger partial charge in [-0.3, -0.25) is 9.69 Å². The molecule has 3 aromatic rings. The van der Waals surface area contributed by atoms with Crippen molar-refractivity contribution < 1.29 is 9.53 Å².